The molecule has 2 heterocycles. The van der Waals surface area contributed by atoms with Gasteiger partial charge in [-0.25, -0.2) is 9.50 Å². The third-order valence-electron chi connectivity index (χ3n) is 3.64. The first-order valence-corrected chi connectivity index (χ1v) is 8.07. The van der Waals surface area contributed by atoms with Crippen molar-refractivity contribution in [3.05, 3.63) is 58.8 Å². The summed E-state index contributed by atoms with van der Waals surface area (Å²) in [6, 6.07) is 10.3. The third kappa shape index (κ3) is 3.87. The van der Waals surface area contributed by atoms with Gasteiger partial charge in [-0.2, -0.15) is 18.3 Å². The summed E-state index contributed by atoms with van der Waals surface area (Å²) in [7, 11) is 0. The number of alkyl halides is 3. The summed E-state index contributed by atoms with van der Waals surface area (Å²) in [5.74, 6) is -1.11. The van der Waals surface area contributed by atoms with E-state index in [9.17, 15) is 13.2 Å². The minimum atomic E-state index is -4.29. The topological polar surface area (TPSA) is 42.2 Å². The van der Waals surface area contributed by atoms with Gasteiger partial charge in [-0.15, -0.1) is 0 Å². The van der Waals surface area contributed by atoms with E-state index in [-0.39, 0.29) is 13.0 Å². The van der Waals surface area contributed by atoms with Crippen LogP contribution in [0.15, 0.2) is 53.3 Å². The Morgan fingerprint density at radius 2 is 1.92 bits per heavy atom. The molecule has 0 saturated heterocycles. The number of benzene rings is 1. The largest absolute Gasteiger partial charge is 0.393 e. The lowest BCUT2D eigenvalue weighted by Gasteiger charge is -2.21. The summed E-state index contributed by atoms with van der Waals surface area (Å²) in [4.78, 5) is 4.27. The van der Waals surface area contributed by atoms with E-state index in [4.69, 9.17) is 0 Å². The summed E-state index contributed by atoms with van der Waals surface area (Å²) in [6.07, 6.45) is -1.13. The second-order valence-corrected chi connectivity index (χ2v) is 6.24. The van der Waals surface area contributed by atoms with Crippen molar-refractivity contribution in [2.75, 3.05) is 11.9 Å². The molecule has 0 radical (unpaired) electrons. The number of anilines is 1. The van der Waals surface area contributed by atoms with Gasteiger partial charge in [0.05, 0.1) is 16.6 Å². The van der Waals surface area contributed by atoms with E-state index in [1.54, 1.807) is 53.3 Å². The Labute approximate surface area is 144 Å². The highest BCUT2D eigenvalue weighted by molar-refractivity contribution is 9.10. The SMILES string of the molecule is FC(F)(F)C(CNc1ccn2ncc(Br)c2n1)Cc1ccccc1. The number of aromatic nitrogens is 3. The second-order valence-electron chi connectivity index (χ2n) is 5.38. The lowest BCUT2D eigenvalue weighted by Crippen LogP contribution is -2.31. The van der Waals surface area contributed by atoms with E-state index in [0.717, 1.165) is 0 Å². The van der Waals surface area contributed by atoms with Crippen LogP contribution in [0.3, 0.4) is 0 Å². The van der Waals surface area contributed by atoms with Crippen molar-refractivity contribution < 1.29 is 13.2 Å². The van der Waals surface area contributed by atoms with Crippen molar-refractivity contribution in [2.45, 2.75) is 12.6 Å². The van der Waals surface area contributed by atoms with Crippen LogP contribution < -0.4 is 5.32 Å². The normalized spacial score (nSPS) is 13.2. The van der Waals surface area contributed by atoms with Gasteiger partial charge in [0.1, 0.15) is 5.82 Å². The first kappa shape index (κ1) is 16.8. The summed E-state index contributed by atoms with van der Waals surface area (Å²) < 4.78 is 42.1. The van der Waals surface area contributed by atoms with Crippen LogP contribution in [-0.2, 0) is 6.42 Å². The summed E-state index contributed by atoms with van der Waals surface area (Å²) in [5.41, 5.74) is 1.20. The number of nitrogens with zero attached hydrogens (tertiary/aromatic N) is 3. The second kappa shape index (κ2) is 6.80. The van der Waals surface area contributed by atoms with Gasteiger partial charge in [-0.1, -0.05) is 30.3 Å². The molecular formula is C16H14BrF3N4. The molecule has 3 aromatic rings. The summed E-state index contributed by atoms with van der Waals surface area (Å²) in [6.45, 7) is -0.243. The molecule has 0 aliphatic rings. The lowest BCUT2D eigenvalue weighted by atomic mass is 9.99. The smallest absolute Gasteiger partial charge is 0.369 e. The molecule has 8 heteroatoms. The quantitative estimate of drug-likeness (QED) is 0.695. The molecular weight excluding hydrogens is 385 g/mol. The average Bonchev–Trinajstić information content (AvgIpc) is 2.92. The molecule has 0 aliphatic heterocycles. The van der Waals surface area contributed by atoms with Crippen molar-refractivity contribution in [1.29, 1.82) is 0 Å². The molecule has 3 rings (SSSR count). The number of rotatable bonds is 5. The molecule has 0 aliphatic carbocycles. The van der Waals surface area contributed by atoms with Gasteiger partial charge in [0.15, 0.2) is 5.65 Å². The van der Waals surface area contributed by atoms with Gasteiger partial charge in [0.25, 0.3) is 0 Å². The summed E-state index contributed by atoms with van der Waals surface area (Å²) >= 11 is 3.30. The number of fused-ring (bicyclic) bond motifs is 1. The highest BCUT2D eigenvalue weighted by atomic mass is 79.9. The molecule has 1 aromatic carbocycles. The highest BCUT2D eigenvalue weighted by Gasteiger charge is 2.39. The Balaban J connectivity index is 1.73. The zero-order chi connectivity index (χ0) is 17.2. The molecule has 126 valence electrons. The molecule has 0 amide bonds. The van der Waals surface area contributed by atoms with Crippen LogP contribution in [0.5, 0.6) is 0 Å². The average molecular weight is 399 g/mol. The van der Waals surface area contributed by atoms with E-state index >= 15 is 0 Å². The molecule has 2 aromatic heterocycles. The maximum Gasteiger partial charge on any atom is 0.393 e. The highest BCUT2D eigenvalue weighted by Crippen LogP contribution is 2.29. The standard InChI is InChI=1S/C16H14BrF3N4/c17-13-10-22-24-7-6-14(23-15(13)24)21-9-12(16(18,19)20)8-11-4-2-1-3-5-11/h1-7,10,12H,8-9H2,(H,21,23). The first-order chi connectivity index (χ1) is 11.4. The van der Waals surface area contributed by atoms with Gasteiger partial charge in [0.2, 0.25) is 0 Å². The van der Waals surface area contributed by atoms with Crippen LogP contribution in [0, 0.1) is 5.92 Å². The van der Waals surface area contributed by atoms with Crippen LogP contribution in [0.4, 0.5) is 19.0 Å². The van der Waals surface area contributed by atoms with Crippen molar-refractivity contribution in [3.8, 4) is 0 Å². The van der Waals surface area contributed by atoms with Crippen LogP contribution >= 0.6 is 15.9 Å². The Kier molecular flexibility index (Phi) is 4.75. The Bertz CT molecular complexity index is 817. The fourth-order valence-corrected chi connectivity index (χ4v) is 2.73. The monoisotopic (exact) mass is 398 g/mol. The van der Waals surface area contributed by atoms with Crippen molar-refractivity contribution in [1.82, 2.24) is 14.6 Å². The number of hydrogen-bond acceptors (Lipinski definition) is 3. The van der Waals surface area contributed by atoms with Gasteiger partial charge < -0.3 is 5.32 Å². The van der Waals surface area contributed by atoms with Crippen LogP contribution in [0.25, 0.3) is 5.65 Å². The Morgan fingerprint density at radius 3 is 2.62 bits per heavy atom. The van der Waals surface area contributed by atoms with Crippen molar-refractivity contribution in [3.63, 3.8) is 0 Å². The number of nitrogens with one attached hydrogen (secondary N) is 1. The van der Waals surface area contributed by atoms with Gasteiger partial charge >= 0.3 is 6.18 Å². The predicted molar refractivity (Wildman–Crippen MR) is 88.9 cm³/mol. The zero-order valence-corrected chi connectivity index (χ0v) is 14.0. The van der Waals surface area contributed by atoms with E-state index in [2.05, 4.69) is 31.3 Å². The van der Waals surface area contributed by atoms with Gasteiger partial charge in [-0.3, -0.25) is 0 Å². The van der Waals surface area contributed by atoms with E-state index in [1.807, 2.05) is 0 Å². The Morgan fingerprint density at radius 1 is 1.17 bits per heavy atom. The molecule has 0 fully saturated rings. The van der Waals surface area contributed by atoms with Crippen LogP contribution in [0.2, 0.25) is 0 Å². The fourth-order valence-electron chi connectivity index (χ4n) is 2.37. The number of hydrogen-bond donors (Lipinski definition) is 1. The lowest BCUT2D eigenvalue weighted by molar-refractivity contribution is -0.170. The van der Waals surface area contributed by atoms with E-state index < -0.39 is 12.1 Å². The zero-order valence-electron chi connectivity index (χ0n) is 12.5. The fraction of sp³-hybridized carbons (Fsp3) is 0.250. The molecule has 1 unspecified atom stereocenters. The molecule has 0 saturated carbocycles. The van der Waals surface area contributed by atoms with Crippen molar-refractivity contribution >= 4 is 27.4 Å². The minimum Gasteiger partial charge on any atom is -0.369 e. The van der Waals surface area contributed by atoms with Crippen LogP contribution in [0.1, 0.15) is 5.56 Å². The maximum absolute atomic E-state index is 13.3. The van der Waals surface area contributed by atoms with Gasteiger partial charge in [0, 0.05) is 12.7 Å². The Hall–Kier alpha value is -2.09. The van der Waals surface area contributed by atoms with Gasteiger partial charge in [-0.05, 0) is 34.0 Å². The third-order valence-corrected chi connectivity index (χ3v) is 4.20. The molecule has 4 nitrogen and oxygen atoms in total. The van der Waals surface area contributed by atoms with Crippen LogP contribution in [-0.4, -0.2) is 27.3 Å². The van der Waals surface area contributed by atoms with E-state index in [0.29, 0.717) is 21.5 Å². The summed E-state index contributed by atoms with van der Waals surface area (Å²) in [5, 5.41) is 6.84. The molecule has 1 N–H and O–H groups in total. The molecule has 0 bridgehead atoms. The first-order valence-electron chi connectivity index (χ1n) is 7.28. The van der Waals surface area contributed by atoms with Crippen molar-refractivity contribution in [2.24, 2.45) is 5.92 Å². The number of halogens is 4. The molecule has 1 atom stereocenters. The molecule has 24 heavy (non-hydrogen) atoms. The maximum atomic E-state index is 13.3. The minimum absolute atomic E-state index is 0.0735. The molecule has 0 spiro atoms. The predicted octanol–water partition coefficient (Wildman–Crippen LogP) is 4.32. The van der Waals surface area contributed by atoms with E-state index in [1.165, 1.54) is 0 Å².